The van der Waals surface area contributed by atoms with Crippen molar-refractivity contribution in [1.82, 2.24) is 0 Å². The number of hydrogen-bond acceptors (Lipinski definition) is 5. The number of rotatable bonds is 6. The van der Waals surface area contributed by atoms with Gasteiger partial charge >= 0.3 is 0 Å². The molecule has 0 aromatic carbocycles. The summed E-state index contributed by atoms with van der Waals surface area (Å²) < 4.78 is 13.7. The average Bonchev–Trinajstić information content (AvgIpc) is 1.85. The van der Waals surface area contributed by atoms with E-state index in [9.17, 15) is 9.59 Å². The second-order valence-corrected chi connectivity index (χ2v) is 3.84. The van der Waals surface area contributed by atoms with Gasteiger partial charge in [0, 0.05) is 13.7 Å². The van der Waals surface area contributed by atoms with Gasteiger partial charge < -0.3 is 23.2 Å². The topological polar surface area (TPSA) is 73.8 Å². The number of ether oxygens (including phenoxy) is 1. The zero-order valence-electron chi connectivity index (χ0n) is 7.53. The largest absolute Gasteiger partial charge is 0.828 e. The first-order valence-electron chi connectivity index (χ1n) is 3.73. The van der Waals surface area contributed by atoms with Gasteiger partial charge in [0.05, 0.1) is 12.7 Å². The van der Waals surface area contributed by atoms with Gasteiger partial charge in [-0.3, -0.25) is 0 Å². The lowest BCUT2D eigenvalue weighted by Crippen LogP contribution is -2.68. The molecule has 0 aromatic rings. The number of hydrogen-bond donors (Lipinski definition) is 0. The smallest absolute Gasteiger partial charge is 0.149 e. The Bertz CT molecular complexity index is 119. The zero-order chi connectivity index (χ0) is 9.61. The van der Waals surface area contributed by atoms with Crippen LogP contribution in [0.1, 0.15) is 13.8 Å². The van der Waals surface area contributed by atoms with Gasteiger partial charge in [0.25, 0.3) is 0 Å². The van der Waals surface area contributed by atoms with Crippen LogP contribution in [0.3, 0.4) is 0 Å². The van der Waals surface area contributed by atoms with Gasteiger partial charge in [0.15, 0.2) is 0 Å². The summed E-state index contributed by atoms with van der Waals surface area (Å²) in [6.07, 6.45) is -0.497. The lowest BCUT2D eigenvalue weighted by atomic mass is 10.5. The Labute approximate surface area is 73.4 Å². The van der Waals surface area contributed by atoms with Crippen LogP contribution in [0.2, 0.25) is 0 Å². The highest BCUT2D eigenvalue weighted by Crippen LogP contribution is 1.97. The third kappa shape index (κ3) is 5.64. The zero-order valence-corrected chi connectivity index (χ0v) is 8.53. The molecule has 0 heterocycles. The van der Waals surface area contributed by atoms with Crippen LogP contribution < -0.4 is 9.59 Å². The van der Waals surface area contributed by atoms with Crippen molar-refractivity contribution in [3.05, 3.63) is 0 Å². The van der Waals surface area contributed by atoms with E-state index < -0.39 is 15.2 Å². The van der Waals surface area contributed by atoms with Crippen LogP contribution in [-0.4, -0.2) is 35.5 Å². The fraction of sp³-hybridized carbons (Fsp3) is 1.00. The lowest BCUT2D eigenvalue weighted by molar-refractivity contribution is -0.446. The second-order valence-electron chi connectivity index (χ2n) is 2.32. The molecule has 12 heavy (non-hydrogen) atoms. The van der Waals surface area contributed by atoms with Crippen molar-refractivity contribution in [3.8, 4) is 0 Å². The Morgan fingerprint density at radius 2 is 2.00 bits per heavy atom. The van der Waals surface area contributed by atoms with E-state index in [0.29, 0.717) is 0 Å². The standard InChI is InChI=1S/C6H14O5Si/c1-4-10-12(7,8)11-6(2)5-9-3/h6H,4-5H2,1-3H3/q-2. The van der Waals surface area contributed by atoms with E-state index in [2.05, 4.69) is 8.85 Å². The lowest BCUT2D eigenvalue weighted by Gasteiger charge is -2.45. The van der Waals surface area contributed by atoms with Gasteiger partial charge in [0.1, 0.15) is 9.05 Å². The molecule has 0 saturated heterocycles. The summed E-state index contributed by atoms with van der Waals surface area (Å²) in [6, 6.07) is 0. The van der Waals surface area contributed by atoms with E-state index >= 15 is 0 Å². The molecule has 6 heteroatoms. The van der Waals surface area contributed by atoms with E-state index in [0.717, 1.165) is 0 Å². The Morgan fingerprint density at radius 3 is 2.42 bits per heavy atom. The van der Waals surface area contributed by atoms with Crippen molar-refractivity contribution in [2.75, 3.05) is 20.3 Å². The average molecular weight is 194 g/mol. The van der Waals surface area contributed by atoms with Crippen LogP contribution in [0.5, 0.6) is 0 Å². The molecule has 0 saturated carbocycles. The van der Waals surface area contributed by atoms with Gasteiger partial charge in [0.2, 0.25) is 0 Å². The molecule has 0 aromatic heterocycles. The summed E-state index contributed by atoms with van der Waals surface area (Å²) in [5.41, 5.74) is 0. The van der Waals surface area contributed by atoms with Crippen molar-refractivity contribution in [2.24, 2.45) is 0 Å². The molecule has 1 unspecified atom stereocenters. The van der Waals surface area contributed by atoms with Crippen molar-refractivity contribution in [3.63, 3.8) is 0 Å². The summed E-state index contributed by atoms with van der Waals surface area (Å²) >= 11 is 0. The highest BCUT2D eigenvalue weighted by molar-refractivity contribution is 6.46. The minimum absolute atomic E-state index is 0.0962. The van der Waals surface area contributed by atoms with Crippen LogP contribution in [0, 0.1) is 0 Å². The number of methoxy groups -OCH3 is 1. The van der Waals surface area contributed by atoms with Crippen molar-refractivity contribution in [1.29, 1.82) is 0 Å². The minimum atomic E-state index is -4.38. The first kappa shape index (κ1) is 12.0. The maximum absolute atomic E-state index is 10.9. The summed E-state index contributed by atoms with van der Waals surface area (Å²) in [4.78, 5) is 21.7. The molecule has 0 fully saturated rings. The first-order valence-corrected chi connectivity index (χ1v) is 5.36. The van der Waals surface area contributed by atoms with Crippen LogP contribution in [-0.2, 0) is 13.6 Å². The Balaban J connectivity index is 3.70. The quantitative estimate of drug-likeness (QED) is 0.468. The summed E-state index contributed by atoms with van der Waals surface area (Å²) in [7, 11) is -2.91. The molecule has 0 radical (unpaired) electrons. The van der Waals surface area contributed by atoms with E-state index in [1.54, 1.807) is 13.8 Å². The van der Waals surface area contributed by atoms with Gasteiger partial charge in [-0.2, -0.15) is 0 Å². The Hall–Kier alpha value is 0.0169. The molecule has 0 N–H and O–H groups in total. The van der Waals surface area contributed by atoms with Crippen LogP contribution in [0.25, 0.3) is 0 Å². The SMILES string of the molecule is CCO[Si]([O-])([O-])OC(C)COC. The molecule has 0 aliphatic rings. The van der Waals surface area contributed by atoms with E-state index in [-0.39, 0.29) is 13.2 Å². The van der Waals surface area contributed by atoms with E-state index in [4.69, 9.17) is 4.74 Å². The fourth-order valence-corrected chi connectivity index (χ4v) is 1.71. The van der Waals surface area contributed by atoms with Crippen LogP contribution in [0.4, 0.5) is 0 Å². The molecule has 0 bridgehead atoms. The summed E-state index contributed by atoms with van der Waals surface area (Å²) in [5.74, 6) is 0. The van der Waals surface area contributed by atoms with Crippen LogP contribution >= 0.6 is 0 Å². The Kier molecular flexibility index (Phi) is 5.63. The molecular formula is C6H14O5Si-2. The second kappa shape index (κ2) is 5.63. The molecule has 0 rings (SSSR count). The van der Waals surface area contributed by atoms with Gasteiger partial charge in [-0.15, -0.1) is 0 Å². The third-order valence-electron chi connectivity index (χ3n) is 1.07. The third-order valence-corrected chi connectivity index (χ3v) is 2.40. The van der Waals surface area contributed by atoms with Gasteiger partial charge in [-0.05, 0) is 13.8 Å². The summed E-state index contributed by atoms with van der Waals surface area (Å²) in [6.45, 7) is 3.51. The molecule has 0 aliphatic carbocycles. The Morgan fingerprint density at radius 1 is 1.42 bits per heavy atom. The van der Waals surface area contributed by atoms with Crippen molar-refractivity contribution >= 4 is 9.05 Å². The molecule has 1 atom stereocenters. The molecule has 0 spiro atoms. The van der Waals surface area contributed by atoms with E-state index in [1.165, 1.54) is 7.11 Å². The molecule has 0 aliphatic heterocycles. The fourth-order valence-electron chi connectivity index (χ4n) is 0.726. The van der Waals surface area contributed by atoms with Crippen LogP contribution in [0.15, 0.2) is 0 Å². The highest BCUT2D eigenvalue weighted by atomic mass is 28.4. The van der Waals surface area contributed by atoms with Gasteiger partial charge in [-0.25, -0.2) is 0 Å². The minimum Gasteiger partial charge on any atom is -0.828 e. The molecule has 74 valence electrons. The van der Waals surface area contributed by atoms with Gasteiger partial charge in [-0.1, -0.05) is 0 Å². The normalized spacial score (nSPS) is 14.8. The summed E-state index contributed by atoms with van der Waals surface area (Å²) in [5, 5.41) is 0. The first-order chi connectivity index (χ1) is 5.52. The van der Waals surface area contributed by atoms with E-state index in [1.807, 2.05) is 0 Å². The molecule has 0 amide bonds. The predicted molar refractivity (Wildman–Crippen MR) is 39.8 cm³/mol. The molecular weight excluding hydrogens is 180 g/mol. The van der Waals surface area contributed by atoms with Crippen molar-refractivity contribution in [2.45, 2.75) is 20.0 Å². The maximum atomic E-state index is 10.9. The monoisotopic (exact) mass is 194 g/mol. The molecule has 5 nitrogen and oxygen atoms in total. The maximum Gasteiger partial charge on any atom is 0.149 e. The predicted octanol–water partition coefficient (Wildman–Crippen LogP) is -1.77. The highest BCUT2D eigenvalue weighted by Gasteiger charge is 2.10. The van der Waals surface area contributed by atoms with Crippen molar-refractivity contribution < 1.29 is 23.2 Å².